The Balaban J connectivity index is 1.55. The van der Waals surface area contributed by atoms with Crippen molar-refractivity contribution < 1.29 is 4.74 Å². The molecule has 1 nitrogen and oxygen atoms in total. The van der Waals surface area contributed by atoms with Crippen molar-refractivity contribution >= 4 is 0 Å². The van der Waals surface area contributed by atoms with Crippen LogP contribution in [0.25, 0.3) is 0 Å². The van der Waals surface area contributed by atoms with E-state index in [-0.39, 0.29) is 0 Å². The molecule has 128 valence electrons. The number of allylic oxidation sites excluding steroid dienone is 2. The molecule has 0 saturated heterocycles. The van der Waals surface area contributed by atoms with Crippen molar-refractivity contribution in [2.75, 3.05) is 13.7 Å². The second-order valence-corrected chi connectivity index (χ2v) is 7.92. The highest BCUT2D eigenvalue weighted by molar-refractivity contribution is 4.91. The summed E-state index contributed by atoms with van der Waals surface area (Å²) in [6.45, 7) is 3.26. The van der Waals surface area contributed by atoms with Gasteiger partial charge in [-0.05, 0) is 68.6 Å². The standard InChI is InChI=1S/C21H38O/c1-3-4-5-6-18-7-9-19(10-8-18)11-12-20-13-15-21(16-14-20)17-22-2/h5-6,18-21H,3-4,7-17H2,1-2H3/b6-5+/t18-,19-,20?,21?. The molecule has 2 aliphatic carbocycles. The zero-order valence-corrected chi connectivity index (χ0v) is 15.1. The maximum Gasteiger partial charge on any atom is 0.0490 e. The summed E-state index contributed by atoms with van der Waals surface area (Å²) in [5, 5.41) is 0. The quantitative estimate of drug-likeness (QED) is 0.473. The Labute approximate surface area is 138 Å². The summed E-state index contributed by atoms with van der Waals surface area (Å²) in [7, 11) is 1.85. The third-order valence-electron chi connectivity index (χ3n) is 6.11. The molecule has 22 heavy (non-hydrogen) atoms. The summed E-state index contributed by atoms with van der Waals surface area (Å²) in [6, 6.07) is 0. The largest absolute Gasteiger partial charge is 0.384 e. The van der Waals surface area contributed by atoms with Crippen molar-refractivity contribution in [3.63, 3.8) is 0 Å². The van der Waals surface area contributed by atoms with Crippen molar-refractivity contribution in [3.8, 4) is 0 Å². The van der Waals surface area contributed by atoms with Crippen LogP contribution in [0.1, 0.15) is 84.0 Å². The molecule has 0 radical (unpaired) electrons. The minimum Gasteiger partial charge on any atom is -0.384 e. The van der Waals surface area contributed by atoms with E-state index in [4.69, 9.17) is 4.74 Å². The van der Waals surface area contributed by atoms with E-state index in [1.807, 2.05) is 7.11 Å². The van der Waals surface area contributed by atoms with Gasteiger partial charge in [0.05, 0.1) is 0 Å². The molecule has 0 aliphatic heterocycles. The number of rotatable bonds is 8. The molecule has 0 unspecified atom stereocenters. The predicted molar refractivity (Wildman–Crippen MR) is 96.1 cm³/mol. The lowest BCUT2D eigenvalue weighted by molar-refractivity contribution is 0.115. The third-order valence-corrected chi connectivity index (χ3v) is 6.11. The number of hydrogen-bond donors (Lipinski definition) is 0. The minimum atomic E-state index is 0.853. The summed E-state index contributed by atoms with van der Waals surface area (Å²) < 4.78 is 5.31. The van der Waals surface area contributed by atoms with Gasteiger partial charge in [-0.25, -0.2) is 0 Å². The molecule has 2 fully saturated rings. The molecular formula is C21H38O. The third kappa shape index (κ3) is 6.44. The number of unbranched alkanes of at least 4 members (excludes halogenated alkanes) is 1. The topological polar surface area (TPSA) is 9.23 Å². The van der Waals surface area contributed by atoms with Crippen LogP contribution in [0.3, 0.4) is 0 Å². The van der Waals surface area contributed by atoms with Crippen LogP contribution < -0.4 is 0 Å². The van der Waals surface area contributed by atoms with Crippen LogP contribution in [-0.2, 0) is 4.74 Å². The van der Waals surface area contributed by atoms with Crippen molar-refractivity contribution in [3.05, 3.63) is 12.2 Å². The Morgan fingerprint density at radius 3 is 1.91 bits per heavy atom. The fourth-order valence-corrected chi connectivity index (χ4v) is 4.52. The first-order valence-electron chi connectivity index (χ1n) is 9.97. The Morgan fingerprint density at radius 2 is 1.36 bits per heavy atom. The molecular weight excluding hydrogens is 268 g/mol. The van der Waals surface area contributed by atoms with Gasteiger partial charge in [0, 0.05) is 13.7 Å². The Hall–Kier alpha value is -0.300. The molecule has 0 aromatic rings. The van der Waals surface area contributed by atoms with Crippen LogP contribution in [0, 0.1) is 23.7 Å². The highest BCUT2D eigenvalue weighted by atomic mass is 16.5. The van der Waals surface area contributed by atoms with Gasteiger partial charge in [0.25, 0.3) is 0 Å². The van der Waals surface area contributed by atoms with Crippen LogP contribution in [0.4, 0.5) is 0 Å². The lowest BCUT2D eigenvalue weighted by Gasteiger charge is -2.31. The molecule has 0 heterocycles. The fraction of sp³-hybridized carbons (Fsp3) is 0.905. The fourth-order valence-electron chi connectivity index (χ4n) is 4.52. The van der Waals surface area contributed by atoms with Crippen LogP contribution in [-0.4, -0.2) is 13.7 Å². The van der Waals surface area contributed by atoms with E-state index in [1.54, 1.807) is 0 Å². The lowest BCUT2D eigenvalue weighted by Crippen LogP contribution is -2.19. The van der Waals surface area contributed by atoms with E-state index >= 15 is 0 Å². The molecule has 0 atom stereocenters. The number of ether oxygens (including phenoxy) is 1. The number of methoxy groups -OCH3 is 1. The van der Waals surface area contributed by atoms with Crippen LogP contribution >= 0.6 is 0 Å². The zero-order valence-electron chi connectivity index (χ0n) is 15.1. The Bertz CT molecular complexity index is 293. The lowest BCUT2D eigenvalue weighted by atomic mass is 9.75. The van der Waals surface area contributed by atoms with Crippen molar-refractivity contribution in [2.24, 2.45) is 23.7 Å². The summed E-state index contributed by atoms with van der Waals surface area (Å²) in [5.41, 5.74) is 0. The van der Waals surface area contributed by atoms with Crippen molar-refractivity contribution in [1.82, 2.24) is 0 Å². The van der Waals surface area contributed by atoms with Gasteiger partial charge in [0.1, 0.15) is 0 Å². The zero-order chi connectivity index (χ0) is 15.6. The molecule has 0 aromatic carbocycles. The molecule has 0 amide bonds. The smallest absolute Gasteiger partial charge is 0.0490 e. The van der Waals surface area contributed by atoms with Gasteiger partial charge in [-0.3, -0.25) is 0 Å². The van der Waals surface area contributed by atoms with E-state index in [9.17, 15) is 0 Å². The van der Waals surface area contributed by atoms with E-state index in [0.29, 0.717) is 0 Å². The van der Waals surface area contributed by atoms with Crippen LogP contribution in [0.2, 0.25) is 0 Å². The van der Waals surface area contributed by atoms with Crippen molar-refractivity contribution in [1.29, 1.82) is 0 Å². The molecule has 2 aliphatic rings. The predicted octanol–water partition coefficient (Wildman–Crippen LogP) is 6.38. The molecule has 2 saturated carbocycles. The molecule has 0 bridgehead atoms. The molecule has 1 heteroatoms. The molecule has 0 N–H and O–H groups in total. The molecule has 0 aromatic heterocycles. The van der Waals surface area contributed by atoms with Crippen LogP contribution in [0.5, 0.6) is 0 Å². The van der Waals surface area contributed by atoms with Gasteiger partial charge in [0.15, 0.2) is 0 Å². The van der Waals surface area contributed by atoms with Crippen molar-refractivity contribution in [2.45, 2.75) is 84.0 Å². The van der Waals surface area contributed by atoms with Gasteiger partial charge in [-0.1, -0.05) is 51.2 Å². The Kier molecular flexibility index (Phi) is 8.59. The minimum absolute atomic E-state index is 0.853. The summed E-state index contributed by atoms with van der Waals surface area (Å²) in [6.07, 6.45) is 22.1. The summed E-state index contributed by atoms with van der Waals surface area (Å²) >= 11 is 0. The van der Waals surface area contributed by atoms with E-state index in [0.717, 1.165) is 30.3 Å². The van der Waals surface area contributed by atoms with E-state index in [2.05, 4.69) is 19.1 Å². The SMILES string of the molecule is CCC/C=C/[C@H]1CC[C@H](CCC2CCC(COC)CC2)CC1. The molecule has 2 rings (SSSR count). The number of hydrogen-bond acceptors (Lipinski definition) is 1. The highest BCUT2D eigenvalue weighted by Crippen LogP contribution is 2.36. The monoisotopic (exact) mass is 306 g/mol. The van der Waals surface area contributed by atoms with Gasteiger partial charge < -0.3 is 4.74 Å². The maximum absolute atomic E-state index is 5.31. The molecule has 0 spiro atoms. The van der Waals surface area contributed by atoms with Gasteiger partial charge in [-0.15, -0.1) is 0 Å². The van der Waals surface area contributed by atoms with Gasteiger partial charge >= 0.3 is 0 Å². The average molecular weight is 307 g/mol. The maximum atomic E-state index is 5.31. The second kappa shape index (κ2) is 10.5. The first-order valence-corrected chi connectivity index (χ1v) is 9.97. The second-order valence-electron chi connectivity index (χ2n) is 7.92. The van der Waals surface area contributed by atoms with Gasteiger partial charge in [-0.2, -0.15) is 0 Å². The first kappa shape index (κ1) is 18.0. The first-order chi connectivity index (χ1) is 10.8. The van der Waals surface area contributed by atoms with E-state index < -0.39 is 0 Å². The highest BCUT2D eigenvalue weighted by Gasteiger charge is 2.24. The average Bonchev–Trinajstić information content (AvgIpc) is 2.56. The van der Waals surface area contributed by atoms with Crippen LogP contribution in [0.15, 0.2) is 12.2 Å². The summed E-state index contributed by atoms with van der Waals surface area (Å²) in [5.74, 6) is 3.81. The Morgan fingerprint density at radius 1 is 0.818 bits per heavy atom. The normalized spacial score (nSPS) is 33.4. The van der Waals surface area contributed by atoms with Gasteiger partial charge in [0.2, 0.25) is 0 Å². The summed E-state index contributed by atoms with van der Waals surface area (Å²) in [4.78, 5) is 0. The van der Waals surface area contributed by atoms with E-state index in [1.165, 1.54) is 77.0 Å².